The van der Waals surface area contributed by atoms with Crippen LogP contribution in [-0.2, 0) is 9.59 Å². The van der Waals surface area contributed by atoms with E-state index in [2.05, 4.69) is 32.4 Å². The third-order valence-corrected chi connectivity index (χ3v) is 6.36. The first kappa shape index (κ1) is 21.6. The molecule has 4 rings (SSSR count). The maximum Gasteiger partial charge on any atom is 0.258 e. The number of nitrogens with zero attached hydrogens (tertiary/aromatic N) is 2. The molecule has 1 saturated heterocycles. The zero-order valence-electron chi connectivity index (χ0n) is 17.0. The third kappa shape index (κ3) is 4.41. The average molecular weight is 464 g/mol. The van der Waals surface area contributed by atoms with Crippen LogP contribution in [-0.4, -0.2) is 34.4 Å². The number of piperidine rings is 1. The van der Waals surface area contributed by atoms with Crippen molar-refractivity contribution < 1.29 is 9.59 Å². The molecule has 3 heterocycles. The van der Waals surface area contributed by atoms with Crippen LogP contribution in [0, 0.1) is 0 Å². The Balaban J connectivity index is 1.66. The van der Waals surface area contributed by atoms with Gasteiger partial charge in [-0.05, 0) is 43.9 Å². The van der Waals surface area contributed by atoms with Gasteiger partial charge in [0.25, 0.3) is 5.56 Å². The third-order valence-electron chi connectivity index (χ3n) is 5.81. The van der Waals surface area contributed by atoms with Gasteiger partial charge in [-0.2, -0.15) is 4.98 Å². The summed E-state index contributed by atoms with van der Waals surface area (Å²) in [6, 6.07) is 4.94. The Kier molecular flexibility index (Phi) is 6.20. The van der Waals surface area contributed by atoms with Crippen LogP contribution in [0.25, 0.3) is 0 Å². The summed E-state index contributed by atoms with van der Waals surface area (Å²) in [7, 11) is 0. The predicted octanol–water partition coefficient (Wildman–Crippen LogP) is 3.91. The molecule has 1 fully saturated rings. The number of nitrogens with one attached hydrogen (secondary N) is 3. The fourth-order valence-electron chi connectivity index (χ4n) is 4.23. The fourth-order valence-corrected chi connectivity index (χ4v) is 4.69. The summed E-state index contributed by atoms with van der Waals surface area (Å²) >= 11 is 12.0. The number of aromatic amines is 1. The first-order chi connectivity index (χ1) is 14.9. The minimum Gasteiger partial charge on any atom is -0.339 e. The zero-order chi connectivity index (χ0) is 22.1. The lowest BCUT2D eigenvalue weighted by molar-refractivity contribution is -0.123. The Morgan fingerprint density at radius 3 is 2.84 bits per heavy atom. The number of benzene rings is 1. The van der Waals surface area contributed by atoms with E-state index in [4.69, 9.17) is 23.2 Å². The molecule has 0 saturated carbocycles. The van der Waals surface area contributed by atoms with E-state index in [1.807, 2.05) is 0 Å². The summed E-state index contributed by atoms with van der Waals surface area (Å²) < 4.78 is 0. The number of carbonyl (C=O) groups excluding carboxylic acids is 2. The monoisotopic (exact) mass is 463 g/mol. The van der Waals surface area contributed by atoms with Crippen molar-refractivity contribution in [1.29, 1.82) is 0 Å². The summed E-state index contributed by atoms with van der Waals surface area (Å²) in [5, 5.41) is 6.05. The number of amides is 2. The molecule has 1 aromatic heterocycles. The molecule has 3 N–H and O–H groups in total. The van der Waals surface area contributed by atoms with Gasteiger partial charge in [0, 0.05) is 24.0 Å². The van der Waals surface area contributed by atoms with Gasteiger partial charge in [-0.15, -0.1) is 0 Å². The van der Waals surface area contributed by atoms with Crippen molar-refractivity contribution in [2.24, 2.45) is 0 Å². The zero-order valence-corrected chi connectivity index (χ0v) is 18.5. The largest absolute Gasteiger partial charge is 0.339 e. The van der Waals surface area contributed by atoms with Crippen molar-refractivity contribution in [1.82, 2.24) is 9.97 Å². The molecule has 2 aliphatic heterocycles. The first-order valence-corrected chi connectivity index (χ1v) is 11.1. The SMILES string of the molecule is CC[C@H]1CCCCN1c1nc2c(c(=O)[nH]1)[C@@H](C(=O)Nc1ccc(Cl)cc1Cl)CC(=O)N2. The molecule has 2 amide bonds. The van der Waals surface area contributed by atoms with Crippen molar-refractivity contribution in [2.75, 3.05) is 22.1 Å². The van der Waals surface area contributed by atoms with Gasteiger partial charge >= 0.3 is 0 Å². The van der Waals surface area contributed by atoms with Crippen LogP contribution < -0.4 is 21.1 Å². The summed E-state index contributed by atoms with van der Waals surface area (Å²) in [5.74, 6) is -1.30. The highest BCUT2D eigenvalue weighted by molar-refractivity contribution is 6.36. The number of hydrogen-bond donors (Lipinski definition) is 3. The standard InChI is InChI=1S/C21H23Cl2N5O3/c1-2-12-5-3-4-8-28(12)21-26-18-17(20(31)27-21)13(10-16(29)25-18)19(30)24-15-7-6-11(22)9-14(15)23/h6-7,9,12-13H,2-5,8,10H2,1H3,(H,24,30)(H2,25,26,27,29,31)/t12-,13-/m0/s1. The lowest BCUT2D eigenvalue weighted by Gasteiger charge is -2.36. The van der Waals surface area contributed by atoms with Gasteiger partial charge in [0.05, 0.1) is 22.2 Å². The number of H-pyrrole nitrogens is 1. The molecule has 0 spiro atoms. The summed E-state index contributed by atoms with van der Waals surface area (Å²) in [5.41, 5.74) is 0.0717. The molecule has 164 valence electrons. The summed E-state index contributed by atoms with van der Waals surface area (Å²) in [6.45, 7) is 2.89. The molecule has 0 aliphatic carbocycles. The highest BCUT2D eigenvalue weighted by Gasteiger charge is 2.36. The molecule has 0 unspecified atom stereocenters. The Labute approximate surface area is 189 Å². The Morgan fingerprint density at radius 1 is 1.29 bits per heavy atom. The van der Waals surface area contributed by atoms with E-state index < -0.39 is 17.4 Å². The van der Waals surface area contributed by atoms with E-state index in [1.165, 1.54) is 6.07 Å². The molecule has 8 nitrogen and oxygen atoms in total. The lowest BCUT2D eigenvalue weighted by Crippen LogP contribution is -2.43. The van der Waals surface area contributed by atoms with Crippen LogP contribution >= 0.6 is 23.2 Å². The predicted molar refractivity (Wildman–Crippen MR) is 121 cm³/mol. The van der Waals surface area contributed by atoms with Crippen molar-refractivity contribution in [3.05, 3.63) is 44.2 Å². The number of halogens is 2. The molecule has 2 atom stereocenters. The molecule has 0 bridgehead atoms. The molecule has 1 aromatic carbocycles. The van der Waals surface area contributed by atoms with Gasteiger partial charge < -0.3 is 15.5 Å². The van der Waals surface area contributed by atoms with Crippen LogP contribution in [0.3, 0.4) is 0 Å². The van der Waals surface area contributed by atoms with Gasteiger partial charge in [-0.3, -0.25) is 19.4 Å². The molecule has 2 aliphatic rings. The highest BCUT2D eigenvalue weighted by atomic mass is 35.5. The van der Waals surface area contributed by atoms with Crippen LogP contribution in [0.5, 0.6) is 0 Å². The normalized spacial score (nSPS) is 20.7. The number of aromatic nitrogens is 2. The topological polar surface area (TPSA) is 107 Å². The van der Waals surface area contributed by atoms with E-state index in [9.17, 15) is 14.4 Å². The second-order valence-corrected chi connectivity index (χ2v) is 8.67. The van der Waals surface area contributed by atoms with Crippen molar-refractivity contribution >= 4 is 52.5 Å². The van der Waals surface area contributed by atoms with Crippen molar-refractivity contribution in [3.8, 4) is 0 Å². The Hall–Kier alpha value is -2.58. The van der Waals surface area contributed by atoms with Gasteiger partial charge in [-0.25, -0.2) is 0 Å². The van der Waals surface area contributed by atoms with Gasteiger partial charge in [0.2, 0.25) is 17.8 Å². The van der Waals surface area contributed by atoms with Gasteiger partial charge in [0.1, 0.15) is 5.82 Å². The smallest absolute Gasteiger partial charge is 0.258 e. The van der Waals surface area contributed by atoms with Crippen molar-refractivity contribution in [3.63, 3.8) is 0 Å². The van der Waals surface area contributed by atoms with Crippen molar-refractivity contribution in [2.45, 2.75) is 51.0 Å². The Bertz CT molecular complexity index is 1090. The van der Waals surface area contributed by atoms with E-state index in [-0.39, 0.29) is 34.8 Å². The molecule has 0 radical (unpaired) electrons. The quantitative estimate of drug-likeness (QED) is 0.636. The summed E-state index contributed by atoms with van der Waals surface area (Å²) in [4.78, 5) is 47.8. The number of rotatable bonds is 4. The highest BCUT2D eigenvalue weighted by Crippen LogP contribution is 2.33. The molecule has 31 heavy (non-hydrogen) atoms. The number of fused-ring (bicyclic) bond motifs is 1. The maximum atomic E-state index is 13.0. The number of carbonyl (C=O) groups is 2. The Morgan fingerprint density at radius 2 is 2.10 bits per heavy atom. The van der Waals surface area contributed by atoms with Crippen LogP contribution in [0.2, 0.25) is 10.0 Å². The minimum atomic E-state index is -0.982. The van der Waals surface area contributed by atoms with Crippen LogP contribution in [0.4, 0.5) is 17.5 Å². The van der Waals surface area contributed by atoms with E-state index in [0.717, 1.165) is 32.2 Å². The van der Waals surface area contributed by atoms with E-state index in [0.29, 0.717) is 16.7 Å². The fraction of sp³-hybridized carbons (Fsp3) is 0.429. The van der Waals surface area contributed by atoms with E-state index >= 15 is 0 Å². The van der Waals surface area contributed by atoms with Gasteiger partial charge in [-0.1, -0.05) is 30.1 Å². The first-order valence-electron chi connectivity index (χ1n) is 10.3. The summed E-state index contributed by atoms with van der Waals surface area (Å²) in [6.07, 6.45) is 3.94. The molecule has 10 heteroatoms. The lowest BCUT2D eigenvalue weighted by atomic mass is 9.92. The molecular weight excluding hydrogens is 441 g/mol. The number of hydrogen-bond acceptors (Lipinski definition) is 5. The average Bonchev–Trinajstić information content (AvgIpc) is 2.74. The van der Waals surface area contributed by atoms with Crippen LogP contribution in [0.1, 0.15) is 50.5 Å². The number of anilines is 3. The molecular formula is C21H23Cl2N5O3. The second kappa shape index (κ2) is 8.88. The second-order valence-electron chi connectivity index (χ2n) is 7.82. The van der Waals surface area contributed by atoms with Crippen LogP contribution in [0.15, 0.2) is 23.0 Å². The van der Waals surface area contributed by atoms with Gasteiger partial charge in [0.15, 0.2) is 0 Å². The molecule has 2 aromatic rings. The minimum absolute atomic E-state index is 0.137. The maximum absolute atomic E-state index is 13.0. The van der Waals surface area contributed by atoms with E-state index in [1.54, 1.807) is 12.1 Å².